The molecule has 98 valence electrons. The zero-order valence-corrected chi connectivity index (χ0v) is 11.6. The fourth-order valence-corrected chi connectivity index (χ4v) is 3.14. The summed E-state index contributed by atoms with van der Waals surface area (Å²) in [5, 5.41) is 6.29. The molecule has 1 aromatic rings. The van der Waals surface area contributed by atoms with Crippen LogP contribution in [0, 0.1) is 6.92 Å². The standard InChI is InChI=1S/C13H19N3OS/c1-3-14-12-6-9(2)15-7-11(12)13(17)16-10-4-5-18-8-10/h6-7,10H,3-5,8H2,1-2H3,(H,14,15)(H,16,17). The number of aryl methyl sites for hydroxylation is 1. The second-order valence-corrected chi connectivity index (χ2v) is 5.59. The molecule has 2 rings (SSSR count). The highest BCUT2D eigenvalue weighted by Gasteiger charge is 2.20. The summed E-state index contributed by atoms with van der Waals surface area (Å²) >= 11 is 1.89. The van der Waals surface area contributed by atoms with E-state index in [1.807, 2.05) is 31.7 Å². The Kier molecular flexibility index (Phi) is 4.47. The molecule has 1 aliphatic heterocycles. The molecule has 2 heterocycles. The first-order valence-electron chi connectivity index (χ1n) is 6.30. The first-order chi connectivity index (χ1) is 8.70. The predicted molar refractivity (Wildman–Crippen MR) is 76.3 cm³/mol. The number of hydrogen-bond donors (Lipinski definition) is 2. The summed E-state index contributed by atoms with van der Waals surface area (Å²) in [5.41, 5.74) is 2.42. The average molecular weight is 265 g/mol. The van der Waals surface area contributed by atoms with Gasteiger partial charge in [-0.25, -0.2) is 0 Å². The Hall–Kier alpha value is -1.23. The van der Waals surface area contributed by atoms with Crippen LogP contribution in [0.4, 0.5) is 5.69 Å². The monoisotopic (exact) mass is 265 g/mol. The molecule has 4 nitrogen and oxygen atoms in total. The molecule has 1 aromatic heterocycles. The third-order valence-corrected chi connectivity index (χ3v) is 4.08. The van der Waals surface area contributed by atoms with Gasteiger partial charge in [0.05, 0.1) is 11.3 Å². The van der Waals surface area contributed by atoms with E-state index in [2.05, 4.69) is 15.6 Å². The molecule has 0 aromatic carbocycles. The van der Waals surface area contributed by atoms with E-state index < -0.39 is 0 Å². The van der Waals surface area contributed by atoms with Gasteiger partial charge in [-0.2, -0.15) is 11.8 Å². The zero-order valence-electron chi connectivity index (χ0n) is 10.8. The lowest BCUT2D eigenvalue weighted by atomic mass is 10.1. The maximum absolute atomic E-state index is 12.2. The molecule has 0 saturated carbocycles. The second-order valence-electron chi connectivity index (χ2n) is 4.44. The summed E-state index contributed by atoms with van der Waals surface area (Å²) in [6.07, 6.45) is 2.72. The number of hydrogen-bond acceptors (Lipinski definition) is 4. The topological polar surface area (TPSA) is 54.0 Å². The normalized spacial score (nSPS) is 18.7. The van der Waals surface area contributed by atoms with Crippen LogP contribution in [0.2, 0.25) is 0 Å². The Bertz CT molecular complexity index is 430. The van der Waals surface area contributed by atoms with Crippen LogP contribution in [0.3, 0.4) is 0 Å². The van der Waals surface area contributed by atoms with Crippen LogP contribution in [0.1, 0.15) is 29.4 Å². The van der Waals surface area contributed by atoms with Gasteiger partial charge in [-0.05, 0) is 32.1 Å². The van der Waals surface area contributed by atoms with E-state index >= 15 is 0 Å². The van der Waals surface area contributed by atoms with E-state index in [0.717, 1.165) is 35.9 Å². The van der Waals surface area contributed by atoms with Gasteiger partial charge in [-0.3, -0.25) is 9.78 Å². The lowest BCUT2D eigenvalue weighted by Gasteiger charge is -2.14. The predicted octanol–water partition coefficient (Wildman–Crippen LogP) is 2.06. The second kappa shape index (κ2) is 6.09. The third-order valence-electron chi connectivity index (χ3n) is 2.92. The van der Waals surface area contributed by atoms with Gasteiger partial charge in [0.15, 0.2) is 0 Å². The third kappa shape index (κ3) is 3.16. The molecule has 1 amide bonds. The lowest BCUT2D eigenvalue weighted by molar-refractivity contribution is 0.0941. The quantitative estimate of drug-likeness (QED) is 0.875. The van der Waals surface area contributed by atoms with Gasteiger partial charge in [-0.15, -0.1) is 0 Å². The lowest BCUT2D eigenvalue weighted by Crippen LogP contribution is -2.35. The van der Waals surface area contributed by atoms with Crippen molar-refractivity contribution >= 4 is 23.4 Å². The van der Waals surface area contributed by atoms with Crippen LogP contribution < -0.4 is 10.6 Å². The molecular weight excluding hydrogens is 246 g/mol. The van der Waals surface area contributed by atoms with Crippen molar-refractivity contribution in [1.82, 2.24) is 10.3 Å². The highest BCUT2D eigenvalue weighted by molar-refractivity contribution is 7.99. The number of nitrogens with zero attached hydrogens (tertiary/aromatic N) is 1. The maximum Gasteiger partial charge on any atom is 0.255 e. The number of aromatic nitrogens is 1. The van der Waals surface area contributed by atoms with Crippen LogP contribution in [-0.2, 0) is 0 Å². The van der Waals surface area contributed by atoms with Crippen molar-refractivity contribution in [2.45, 2.75) is 26.3 Å². The molecular formula is C13H19N3OS. The van der Waals surface area contributed by atoms with Gasteiger partial charge in [0.1, 0.15) is 0 Å². The summed E-state index contributed by atoms with van der Waals surface area (Å²) in [4.78, 5) is 16.4. The molecule has 0 radical (unpaired) electrons. The van der Waals surface area contributed by atoms with Crippen LogP contribution >= 0.6 is 11.8 Å². The molecule has 0 bridgehead atoms. The number of thioether (sulfide) groups is 1. The summed E-state index contributed by atoms with van der Waals surface area (Å²) < 4.78 is 0. The van der Waals surface area contributed by atoms with E-state index in [0.29, 0.717) is 11.6 Å². The van der Waals surface area contributed by atoms with Crippen molar-refractivity contribution in [2.75, 3.05) is 23.4 Å². The van der Waals surface area contributed by atoms with Crippen LogP contribution in [0.15, 0.2) is 12.3 Å². The zero-order chi connectivity index (χ0) is 13.0. The fourth-order valence-electron chi connectivity index (χ4n) is 1.99. The van der Waals surface area contributed by atoms with E-state index in [1.54, 1.807) is 6.20 Å². The molecule has 18 heavy (non-hydrogen) atoms. The van der Waals surface area contributed by atoms with Crippen molar-refractivity contribution in [3.05, 3.63) is 23.5 Å². The Balaban J connectivity index is 2.12. The number of carbonyl (C=O) groups excluding carboxylic acids is 1. The molecule has 2 N–H and O–H groups in total. The van der Waals surface area contributed by atoms with Gasteiger partial charge in [0.25, 0.3) is 5.91 Å². The minimum Gasteiger partial charge on any atom is -0.385 e. The number of nitrogens with one attached hydrogen (secondary N) is 2. The SMILES string of the molecule is CCNc1cc(C)ncc1C(=O)NC1CCSC1. The van der Waals surface area contributed by atoms with Crippen molar-refractivity contribution in [2.24, 2.45) is 0 Å². The number of amides is 1. The molecule has 0 spiro atoms. The van der Waals surface area contributed by atoms with E-state index in [9.17, 15) is 4.79 Å². The minimum atomic E-state index is -0.0223. The van der Waals surface area contributed by atoms with Gasteiger partial charge in [0.2, 0.25) is 0 Å². The molecule has 1 unspecified atom stereocenters. The highest BCUT2D eigenvalue weighted by Crippen LogP contribution is 2.19. The van der Waals surface area contributed by atoms with Gasteiger partial charge in [0, 0.05) is 30.2 Å². The number of pyridine rings is 1. The van der Waals surface area contributed by atoms with E-state index in [4.69, 9.17) is 0 Å². The fraction of sp³-hybridized carbons (Fsp3) is 0.538. The van der Waals surface area contributed by atoms with Crippen molar-refractivity contribution in [1.29, 1.82) is 0 Å². The van der Waals surface area contributed by atoms with Gasteiger partial charge in [-0.1, -0.05) is 0 Å². The number of anilines is 1. The van der Waals surface area contributed by atoms with E-state index in [-0.39, 0.29) is 5.91 Å². The summed E-state index contributed by atoms with van der Waals surface area (Å²) in [6, 6.07) is 2.22. The van der Waals surface area contributed by atoms with Crippen LogP contribution in [0.5, 0.6) is 0 Å². The van der Waals surface area contributed by atoms with Crippen LogP contribution in [0.25, 0.3) is 0 Å². The molecule has 5 heteroatoms. The first kappa shape index (κ1) is 13.2. The largest absolute Gasteiger partial charge is 0.385 e. The Labute approximate surface area is 112 Å². The average Bonchev–Trinajstić information content (AvgIpc) is 2.82. The smallest absolute Gasteiger partial charge is 0.255 e. The van der Waals surface area contributed by atoms with Crippen molar-refractivity contribution < 1.29 is 4.79 Å². The molecule has 0 aliphatic carbocycles. The number of carbonyl (C=O) groups is 1. The van der Waals surface area contributed by atoms with Crippen molar-refractivity contribution in [3.8, 4) is 0 Å². The highest BCUT2D eigenvalue weighted by atomic mass is 32.2. The van der Waals surface area contributed by atoms with Crippen molar-refractivity contribution in [3.63, 3.8) is 0 Å². The summed E-state index contributed by atoms with van der Waals surface area (Å²) in [7, 11) is 0. The Morgan fingerprint density at radius 1 is 1.61 bits per heavy atom. The van der Waals surface area contributed by atoms with E-state index in [1.165, 1.54) is 0 Å². The maximum atomic E-state index is 12.2. The first-order valence-corrected chi connectivity index (χ1v) is 7.45. The molecule has 1 fully saturated rings. The minimum absolute atomic E-state index is 0.0223. The van der Waals surface area contributed by atoms with Gasteiger partial charge < -0.3 is 10.6 Å². The molecule has 1 aliphatic rings. The molecule has 1 saturated heterocycles. The Morgan fingerprint density at radius 3 is 3.11 bits per heavy atom. The summed E-state index contributed by atoms with van der Waals surface area (Å²) in [6.45, 7) is 4.74. The summed E-state index contributed by atoms with van der Waals surface area (Å²) in [5.74, 6) is 2.13. The molecule has 1 atom stereocenters. The number of rotatable bonds is 4. The Morgan fingerprint density at radius 2 is 2.44 bits per heavy atom. The van der Waals surface area contributed by atoms with Crippen LogP contribution in [-0.4, -0.2) is 35.0 Å². The van der Waals surface area contributed by atoms with Gasteiger partial charge >= 0.3 is 0 Å².